The second-order valence-electron chi connectivity index (χ2n) is 4.96. The summed E-state index contributed by atoms with van der Waals surface area (Å²) < 4.78 is 14.9. The minimum Gasteiger partial charge on any atom is -0.306 e. The predicted molar refractivity (Wildman–Crippen MR) is 88.0 cm³/mol. The van der Waals surface area contributed by atoms with Crippen molar-refractivity contribution in [2.45, 2.75) is 33.2 Å². The standard InChI is InChI=1S/C16H19BrFNS/c1-4-7-19-15(16-13(17)8-11(3)20-16)12-6-5-10(2)14(18)9-12/h5-6,8-9,15,19H,4,7H2,1-3H3. The average Bonchev–Trinajstić information content (AvgIpc) is 2.73. The van der Waals surface area contributed by atoms with Crippen molar-refractivity contribution in [3.63, 3.8) is 0 Å². The van der Waals surface area contributed by atoms with Gasteiger partial charge in [0, 0.05) is 14.2 Å². The largest absolute Gasteiger partial charge is 0.306 e. The molecule has 0 bridgehead atoms. The van der Waals surface area contributed by atoms with Crippen LogP contribution >= 0.6 is 27.3 Å². The van der Waals surface area contributed by atoms with E-state index in [-0.39, 0.29) is 11.9 Å². The third kappa shape index (κ3) is 3.48. The molecule has 1 N–H and O–H groups in total. The fourth-order valence-electron chi connectivity index (χ4n) is 2.14. The molecular weight excluding hydrogens is 337 g/mol. The molecular formula is C16H19BrFNS. The van der Waals surface area contributed by atoms with E-state index in [0.29, 0.717) is 5.56 Å². The van der Waals surface area contributed by atoms with E-state index in [1.165, 1.54) is 9.75 Å². The molecule has 1 heterocycles. The number of thiophene rings is 1. The van der Waals surface area contributed by atoms with Gasteiger partial charge in [0.05, 0.1) is 6.04 Å². The van der Waals surface area contributed by atoms with E-state index in [0.717, 1.165) is 23.0 Å². The first-order valence-corrected chi connectivity index (χ1v) is 8.39. The van der Waals surface area contributed by atoms with Gasteiger partial charge in [0.15, 0.2) is 0 Å². The van der Waals surface area contributed by atoms with Crippen LogP contribution in [0.4, 0.5) is 4.39 Å². The van der Waals surface area contributed by atoms with Gasteiger partial charge in [-0.3, -0.25) is 0 Å². The molecule has 4 heteroatoms. The van der Waals surface area contributed by atoms with Crippen molar-refractivity contribution in [3.8, 4) is 0 Å². The lowest BCUT2D eigenvalue weighted by Crippen LogP contribution is -2.22. The lowest BCUT2D eigenvalue weighted by Gasteiger charge is -2.19. The van der Waals surface area contributed by atoms with Crippen LogP contribution in [-0.4, -0.2) is 6.54 Å². The van der Waals surface area contributed by atoms with Gasteiger partial charge >= 0.3 is 0 Å². The minimum absolute atomic E-state index is 0.0399. The van der Waals surface area contributed by atoms with E-state index >= 15 is 0 Å². The van der Waals surface area contributed by atoms with Crippen LogP contribution in [0.1, 0.15) is 40.3 Å². The lowest BCUT2D eigenvalue weighted by molar-refractivity contribution is 0.586. The van der Waals surface area contributed by atoms with Crippen molar-refractivity contribution in [1.82, 2.24) is 5.32 Å². The zero-order chi connectivity index (χ0) is 14.7. The highest BCUT2D eigenvalue weighted by Gasteiger charge is 2.19. The molecule has 0 spiro atoms. The molecule has 2 rings (SSSR count). The van der Waals surface area contributed by atoms with Crippen molar-refractivity contribution in [1.29, 1.82) is 0 Å². The van der Waals surface area contributed by atoms with E-state index in [4.69, 9.17) is 0 Å². The first-order chi connectivity index (χ1) is 9.52. The molecule has 20 heavy (non-hydrogen) atoms. The van der Waals surface area contributed by atoms with Gasteiger partial charge in [-0.1, -0.05) is 19.1 Å². The second kappa shape index (κ2) is 6.83. The maximum atomic E-state index is 13.8. The first-order valence-electron chi connectivity index (χ1n) is 6.78. The van der Waals surface area contributed by atoms with Gasteiger partial charge < -0.3 is 5.32 Å². The van der Waals surface area contributed by atoms with Gasteiger partial charge in [0.2, 0.25) is 0 Å². The topological polar surface area (TPSA) is 12.0 Å². The molecule has 108 valence electrons. The van der Waals surface area contributed by atoms with E-state index in [2.05, 4.69) is 41.2 Å². The smallest absolute Gasteiger partial charge is 0.126 e. The summed E-state index contributed by atoms with van der Waals surface area (Å²) in [5, 5.41) is 3.52. The van der Waals surface area contributed by atoms with Gasteiger partial charge in [-0.2, -0.15) is 0 Å². The fourth-order valence-corrected chi connectivity index (χ4v) is 4.12. The van der Waals surface area contributed by atoms with E-state index in [9.17, 15) is 4.39 Å². The Kier molecular flexibility index (Phi) is 5.35. The maximum Gasteiger partial charge on any atom is 0.126 e. The third-order valence-electron chi connectivity index (χ3n) is 3.23. The lowest BCUT2D eigenvalue weighted by atomic mass is 10.0. The summed E-state index contributed by atoms with van der Waals surface area (Å²) in [6.45, 7) is 6.92. The predicted octanol–water partition coefficient (Wildman–Crippen LogP) is 5.36. The molecule has 1 aromatic heterocycles. The highest BCUT2D eigenvalue weighted by atomic mass is 79.9. The molecule has 0 aliphatic heterocycles. The molecule has 0 aliphatic carbocycles. The Bertz CT molecular complexity index is 594. The number of halogens is 2. The Labute approximate surface area is 132 Å². The molecule has 2 aromatic rings. The normalized spacial score (nSPS) is 12.7. The Balaban J connectivity index is 2.41. The summed E-state index contributed by atoms with van der Waals surface area (Å²) in [4.78, 5) is 2.46. The summed E-state index contributed by atoms with van der Waals surface area (Å²) in [5.74, 6) is -0.143. The van der Waals surface area contributed by atoms with Gasteiger partial charge in [-0.25, -0.2) is 4.39 Å². The number of nitrogens with one attached hydrogen (secondary N) is 1. The summed E-state index contributed by atoms with van der Waals surface area (Å²) in [6, 6.07) is 7.65. The number of benzene rings is 1. The molecule has 0 saturated carbocycles. The molecule has 0 saturated heterocycles. The van der Waals surface area contributed by atoms with Crippen molar-refractivity contribution < 1.29 is 4.39 Å². The van der Waals surface area contributed by atoms with Crippen LogP contribution in [0.15, 0.2) is 28.7 Å². The van der Waals surface area contributed by atoms with Crippen molar-refractivity contribution in [3.05, 3.63) is 55.4 Å². The number of aryl methyl sites for hydroxylation is 2. The minimum atomic E-state index is -0.143. The maximum absolute atomic E-state index is 13.8. The quantitative estimate of drug-likeness (QED) is 0.761. The third-order valence-corrected chi connectivity index (χ3v) is 5.26. The van der Waals surface area contributed by atoms with Crippen molar-refractivity contribution >= 4 is 27.3 Å². The monoisotopic (exact) mass is 355 g/mol. The van der Waals surface area contributed by atoms with Gasteiger partial charge in [0.1, 0.15) is 5.82 Å². The Morgan fingerprint density at radius 2 is 2.05 bits per heavy atom. The molecule has 0 aliphatic rings. The van der Waals surface area contributed by atoms with E-state index in [1.54, 1.807) is 24.3 Å². The Morgan fingerprint density at radius 1 is 1.30 bits per heavy atom. The van der Waals surface area contributed by atoms with E-state index < -0.39 is 0 Å². The summed E-state index contributed by atoms with van der Waals surface area (Å²) in [5.41, 5.74) is 1.66. The molecule has 0 amide bonds. The molecule has 1 aromatic carbocycles. The molecule has 0 fully saturated rings. The highest BCUT2D eigenvalue weighted by Crippen LogP contribution is 2.36. The van der Waals surface area contributed by atoms with Crippen LogP contribution in [0.2, 0.25) is 0 Å². The molecule has 1 atom stereocenters. The Morgan fingerprint density at radius 3 is 2.60 bits per heavy atom. The van der Waals surface area contributed by atoms with Gasteiger partial charge in [-0.05, 0) is 66.0 Å². The van der Waals surface area contributed by atoms with Crippen LogP contribution < -0.4 is 5.32 Å². The summed E-state index contributed by atoms with van der Waals surface area (Å²) in [7, 11) is 0. The Hall–Kier alpha value is -0.710. The highest BCUT2D eigenvalue weighted by molar-refractivity contribution is 9.10. The van der Waals surface area contributed by atoms with Crippen molar-refractivity contribution in [2.75, 3.05) is 6.54 Å². The van der Waals surface area contributed by atoms with Crippen molar-refractivity contribution in [2.24, 2.45) is 0 Å². The zero-order valence-corrected chi connectivity index (χ0v) is 14.4. The fraction of sp³-hybridized carbons (Fsp3) is 0.375. The summed E-state index contributed by atoms with van der Waals surface area (Å²) >= 11 is 5.36. The second-order valence-corrected chi connectivity index (χ2v) is 7.11. The summed E-state index contributed by atoms with van der Waals surface area (Å²) in [6.07, 6.45) is 1.05. The SMILES string of the molecule is CCCNC(c1ccc(C)c(F)c1)c1sc(C)cc1Br. The number of hydrogen-bond acceptors (Lipinski definition) is 2. The zero-order valence-electron chi connectivity index (χ0n) is 12.0. The molecule has 0 radical (unpaired) electrons. The number of hydrogen-bond donors (Lipinski definition) is 1. The van der Waals surface area contributed by atoms with Crippen LogP contribution in [0, 0.1) is 19.7 Å². The average molecular weight is 356 g/mol. The van der Waals surface area contributed by atoms with Crippen LogP contribution in [-0.2, 0) is 0 Å². The van der Waals surface area contributed by atoms with Gasteiger partial charge in [0.25, 0.3) is 0 Å². The van der Waals surface area contributed by atoms with E-state index in [1.807, 2.05) is 12.1 Å². The van der Waals surface area contributed by atoms with Crippen LogP contribution in [0.25, 0.3) is 0 Å². The van der Waals surface area contributed by atoms with Gasteiger partial charge in [-0.15, -0.1) is 11.3 Å². The van der Waals surface area contributed by atoms with Crippen LogP contribution in [0.3, 0.4) is 0 Å². The van der Waals surface area contributed by atoms with Crippen LogP contribution in [0.5, 0.6) is 0 Å². The number of rotatable bonds is 5. The molecule has 1 unspecified atom stereocenters. The molecule has 1 nitrogen and oxygen atoms in total. The first kappa shape index (κ1) is 15.7.